The molecule has 0 fully saturated rings. The molecular formula is C24H20ClN3O3. The molecule has 0 unspecified atom stereocenters. The van der Waals surface area contributed by atoms with E-state index >= 15 is 0 Å². The molecule has 156 valence electrons. The van der Waals surface area contributed by atoms with Crippen molar-refractivity contribution in [2.45, 2.75) is 13.5 Å². The maximum Gasteiger partial charge on any atom is 0.258 e. The van der Waals surface area contributed by atoms with Crippen molar-refractivity contribution in [2.24, 2.45) is 0 Å². The molecule has 0 saturated carbocycles. The highest BCUT2D eigenvalue weighted by Gasteiger charge is 2.11. The fraction of sp³-hybridized carbons (Fsp3) is 0.125. The summed E-state index contributed by atoms with van der Waals surface area (Å²) in [5, 5.41) is 7.45. The van der Waals surface area contributed by atoms with Gasteiger partial charge in [-0.25, -0.2) is 0 Å². The molecule has 0 saturated heterocycles. The van der Waals surface area contributed by atoms with E-state index in [0.29, 0.717) is 29.0 Å². The maximum atomic E-state index is 12.0. The maximum absolute atomic E-state index is 12.0. The van der Waals surface area contributed by atoms with E-state index in [4.69, 9.17) is 20.9 Å². The van der Waals surface area contributed by atoms with E-state index in [-0.39, 0.29) is 12.5 Å². The summed E-state index contributed by atoms with van der Waals surface area (Å²) < 4.78 is 10.9. The number of ether oxygens (including phenoxy) is 1. The van der Waals surface area contributed by atoms with Gasteiger partial charge in [-0.3, -0.25) is 4.79 Å². The van der Waals surface area contributed by atoms with Crippen LogP contribution in [0.3, 0.4) is 0 Å². The minimum Gasteiger partial charge on any atom is -0.484 e. The fourth-order valence-corrected chi connectivity index (χ4v) is 3.09. The summed E-state index contributed by atoms with van der Waals surface area (Å²) in [7, 11) is 0. The van der Waals surface area contributed by atoms with Crippen LogP contribution in [0.15, 0.2) is 77.3 Å². The lowest BCUT2D eigenvalue weighted by atomic mass is 10.1. The van der Waals surface area contributed by atoms with Crippen LogP contribution in [0.2, 0.25) is 5.02 Å². The first-order chi connectivity index (χ1) is 15.1. The van der Waals surface area contributed by atoms with Crippen LogP contribution in [0.25, 0.3) is 22.8 Å². The molecule has 7 heteroatoms. The molecule has 0 aliphatic rings. The fourth-order valence-electron chi connectivity index (χ4n) is 2.89. The van der Waals surface area contributed by atoms with Gasteiger partial charge in [-0.05, 0) is 42.8 Å². The summed E-state index contributed by atoms with van der Waals surface area (Å²) in [6, 6.07) is 22.4. The topological polar surface area (TPSA) is 77.2 Å². The normalized spacial score (nSPS) is 10.6. The molecule has 4 aromatic rings. The second kappa shape index (κ2) is 9.45. The SMILES string of the molecule is Cc1ccc(-c2noc(-c3ccc(OCC(=O)NCc4ccccc4Cl)cc3)n2)cc1. The standard InChI is InChI=1S/C24H20ClN3O3/c1-16-6-8-17(9-7-16)23-27-24(31-28-23)18-10-12-20(13-11-18)30-15-22(29)26-14-19-4-2-3-5-21(19)25/h2-13H,14-15H2,1H3,(H,26,29). The molecule has 3 aromatic carbocycles. The van der Waals surface area contributed by atoms with Crippen LogP contribution in [0, 0.1) is 6.92 Å². The Hall–Kier alpha value is -3.64. The third-order valence-electron chi connectivity index (χ3n) is 4.64. The summed E-state index contributed by atoms with van der Waals surface area (Å²) in [4.78, 5) is 16.5. The van der Waals surface area contributed by atoms with Crippen LogP contribution in [0.5, 0.6) is 5.75 Å². The minimum atomic E-state index is -0.233. The van der Waals surface area contributed by atoms with Crippen LogP contribution in [0.4, 0.5) is 0 Å². The van der Waals surface area contributed by atoms with Crippen LogP contribution in [-0.4, -0.2) is 22.7 Å². The van der Waals surface area contributed by atoms with E-state index < -0.39 is 0 Å². The van der Waals surface area contributed by atoms with Crippen molar-refractivity contribution < 1.29 is 14.1 Å². The van der Waals surface area contributed by atoms with Gasteiger partial charge in [0, 0.05) is 22.7 Å². The van der Waals surface area contributed by atoms with Gasteiger partial charge in [0.15, 0.2) is 6.61 Å². The number of hydrogen-bond acceptors (Lipinski definition) is 5. The van der Waals surface area contributed by atoms with Gasteiger partial charge >= 0.3 is 0 Å². The second-order valence-electron chi connectivity index (χ2n) is 6.97. The summed E-state index contributed by atoms with van der Waals surface area (Å²) in [5.41, 5.74) is 3.68. The molecule has 6 nitrogen and oxygen atoms in total. The van der Waals surface area contributed by atoms with Gasteiger partial charge < -0.3 is 14.6 Å². The monoisotopic (exact) mass is 433 g/mol. The number of carbonyl (C=O) groups is 1. The minimum absolute atomic E-state index is 0.0953. The van der Waals surface area contributed by atoms with E-state index in [1.165, 1.54) is 5.56 Å². The van der Waals surface area contributed by atoms with Gasteiger partial charge in [0.25, 0.3) is 11.8 Å². The molecule has 1 heterocycles. The first-order valence-corrected chi connectivity index (χ1v) is 10.1. The number of aromatic nitrogens is 2. The second-order valence-corrected chi connectivity index (χ2v) is 7.38. The third-order valence-corrected chi connectivity index (χ3v) is 5.01. The van der Waals surface area contributed by atoms with Crippen molar-refractivity contribution >= 4 is 17.5 Å². The largest absolute Gasteiger partial charge is 0.484 e. The molecule has 31 heavy (non-hydrogen) atoms. The number of halogens is 1. The Bertz CT molecular complexity index is 1170. The Morgan fingerprint density at radius 1 is 1.00 bits per heavy atom. The molecule has 1 amide bonds. The van der Waals surface area contributed by atoms with E-state index in [2.05, 4.69) is 15.5 Å². The molecule has 4 rings (SSSR count). The number of benzene rings is 3. The average molecular weight is 434 g/mol. The summed E-state index contributed by atoms with van der Waals surface area (Å²) in [6.07, 6.45) is 0. The first kappa shape index (κ1) is 20.6. The number of amides is 1. The van der Waals surface area contributed by atoms with E-state index in [1.807, 2.05) is 61.5 Å². The number of rotatable bonds is 7. The first-order valence-electron chi connectivity index (χ1n) is 9.72. The number of carbonyl (C=O) groups excluding carboxylic acids is 1. The molecule has 0 aliphatic heterocycles. The Morgan fingerprint density at radius 2 is 1.71 bits per heavy atom. The highest BCUT2D eigenvalue weighted by Crippen LogP contribution is 2.24. The van der Waals surface area contributed by atoms with Crippen LogP contribution < -0.4 is 10.1 Å². The van der Waals surface area contributed by atoms with Gasteiger partial charge in [0.1, 0.15) is 5.75 Å². The Balaban J connectivity index is 1.32. The molecule has 1 aromatic heterocycles. The van der Waals surface area contributed by atoms with Gasteiger partial charge in [-0.1, -0.05) is 64.8 Å². The Labute approximate surface area is 184 Å². The quantitative estimate of drug-likeness (QED) is 0.440. The van der Waals surface area contributed by atoms with Crippen molar-refractivity contribution in [3.63, 3.8) is 0 Å². The zero-order valence-corrected chi connectivity index (χ0v) is 17.6. The van der Waals surface area contributed by atoms with Crippen LogP contribution in [-0.2, 0) is 11.3 Å². The highest BCUT2D eigenvalue weighted by atomic mass is 35.5. The predicted octanol–water partition coefficient (Wildman–Crippen LogP) is 5.06. The van der Waals surface area contributed by atoms with Gasteiger partial charge in [0.05, 0.1) is 0 Å². The Kier molecular flexibility index (Phi) is 6.29. The summed E-state index contributed by atoms with van der Waals surface area (Å²) in [6.45, 7) is 2.28. The summed E-state index contributed by atoms with van der Waals surface area (Å²) >= 11 is 6.09. The number of nitrogens with zero attached hydrogens (tertiary/aromatic N) is 2. The highest BCUT2D eigenvalue weighted by molar-refractivity contribution is 6.31. The molecule has 0 atom stereocenters. The van der Waals surface area contributed by atoms with Gasteiger partial charge in [-0.2, -0.15) is 4.98 Å². The molecule has 1 N–H and O–H groups in total. The van der Waals surface area contributed by atoms with Crippen molar-refractivity contribution in [3.8, 4) is 28.6 Å². The van der Waals surface area contributed by atoms with Crippen molar-refractivity contribution in [1.82, 2.24) is 15.5 Å². The lowest BCUT2D eigenvalue weighted by molar-refractivity contribution is -0.123. The van der Waals surface area contributed by atoms with Crippen molar-refractivity contribution in [3.05, 3.63) is 88.9 Å². The number of aryl methyl sites for hydroxylation is 1. The van der Waals surface area contributed by atoms with Gasteiger partial charge in [-0.15, -0.1) is 0 Å². The number of hydrogen-bond donors (Lipinski definition) is 1. The van der Waals surface area contributed by atoms with Crippen molar-refractivity contribution in [1.29, 1.82) is 0 Å². The van der Waals surface area contributed by atoms with Crippen LogP contribution >= 0.6 is 11.6 Å². The van der Waals surface area contributed by atoms with Crippen LogP contribution in [0.1, 0.15) is 11.1 Å². The third kappa shape index (κ3) is 5.29. The average Bonchev–Trinajstić information content (AvgIpc) is 3.28. The predicted molar refractivity (Wildman–Crippen MR) is 119 cm³/mol. The lowest BCUT2D eigenvalue weighted by Crippen LogP contribution is -2.28. The van der Waals surface area contributed by atoms with Crippen molar-refractivity contribution in [2.75, 3.05) is 6.61 Å². The molecule has 0 spiro atoms. The van der Waals surface area contributed by atoms with E-state index in [1.54, 1.807) is 18.2 Å². The molecule has 0 aliphatic carbocycles. The smallest absolute Gasteiger partial charge is 0.258 e. The van der Waals surface area contributed by atoms with E-state index in [9.17, 15) is 4.79 Å². The Morgan fingerprint density at radius 3 is 2.45 bits per heavy atom. The molecule has 0 radical (unpaired) electrons. The zero-order valence-electron chi connectivity index (χ0n) is 16.8. The lowest BCUT2D eigenvalue weighted by Gasteiger charge is -2.08. The molecular weight excluding hydrogens is 414 g/mol. The molecule has 0 bridgehead atoms. The van der Waals surface area contributed by atoms with E-state index in [0.717, 1.165) is 16.7 Å². The summed E-state index contributed by atoms with van der Waals surface area (Å²) in [5.74, 6) is 1.28. The zero-order chi connectivity index (χ0) is 21.6. The van der Waals surface area contributed by atoms with Gasteiger partial charge in [0.2, 0.25) is 5.82 Å². The number of nitrogens with one attached hydrogen (secondary N) is 1.